The maximum Gasteiger partial charge on any atom is 0.0992 e. The summed E-state index contributed by atoms with van der Waals surface area (Å²) in [5, 5.41) is 61.0. The highest BCUT2D eigenvalue weighted by molar-refractivity contribution is 6.44. The second-order valence-corrected chi connectivity index (χ2v) is 15.2. The van der Waals surface area contributed by atoms with Gasteiger partial charge in [0, 0.05) is 0 Å². The minimum absolute atomic E-state index is 0.407. The molecule has 4 nitrogen and oxygen atoms in total. The Balaban J connectivity index is 1.42. The Kier molecular flexibility index (Phi) is 6.30. The highest BCUT2D eigenvalue weighted by Gasteiger charge is 2.27. The number of fused-ring (bicyclic) bond motifs is 11. The Morgan fingerprint density at radius 2 is 0.638 bits per heavy atom. The zero-order valence-electron chi connectivity index (χ0n) is 30.6. The molecule has 4 heteroatoms. The summed E-state index contributed by atoms with van der Waals surface area (Å²) < 4.78 is 0. The molecule has 0 aliphatic carbocycles. The number of benzene rings is 10. The van der Waals surface area contributed by atoms with Gasteiger partial charge in [-0.2, -0.15) is 21.0 Å². The average Bonchev–Trinajstić information content (AvgIpc) is 3.77. The van der Waals surface area contributed by atoms with Crippen LogP contribution in [0.1, 0.15) is 22.3 Å². The second kappa shape index (κ2) is 11.5. The van der Waals surface area contributed by atoms with E-state index < -0.39 is 0 Å². The van der Waals surface area contributed by atoms with Crippen LogP contribution in [0.2, 0.25) is 0 Å². The Bertz CT molecular complexity index is 3950. The van der Waals surface area contributed by atoms with Crippen molar-refractivity contribution in [2.45, 2.75) is 0 Å². The molecule has 0 N–H and O–H groups in total. The summed E-state index contributed by atoms with van der Waals surface area (Å²) in [6.07, 6.45) is 0. The molecule has 0 heterocycles. The van der Waals surface area contributed by atoms with Crippen LogP contribution in [0.25, 0.3) is 119 Å². The van der Waals surface area contributed by atoms with Crippen molar-refractivity contribution >= 4 is 97.0 Å². The van der Waals surface area contributed by atoms with E-state index in [1.807, 2.05) is 24.3 Å². The molecule has 12 aromatic carbocycles. The molecule has 12 rings (SSSR count). The van der Waals surface area contributed by atoms with Crippen LogP contribution in [0.15, 0.2) is 146 Å². The lowest BCUT2D eigenvalue weighted by Crippen LogP contribution is -1.93. The van der Waals surface area contributed by atoms with Crippen LogP contribution in [0.3, 0.4) is 0 Å². The van der Waals surface area contributed by atoms with E-state index in [0.29, 0.717) is 22.3 Å². The van der Waals surface area contributed by atoms with Crippen LogP contribution in [0.4, 0.5) is 0 Å². The van der Waals surface area contributed by atoms with E-state index in [1.54, 1.807) is 12.1 Å². The third-order valence-corrected chi connectivity index (χ3v) is 12.3. The summed E-state index contributed by atoms with van der Waals surface area (Å²) in [4.78, 5) is 0. The van der Waals surface area contributed by atoms with Crippen LogP contribution < -0.4 is 0 Å². The van der Waals surface area contributed by atoms with Crippen molar-refractivity contribution in [2.24, 2.45) is 0 Å². The molecule has 0 spiro atoms. The van der Waals surface area contributed by atoms with E-state index in [4.69, 9.17) is 0 Å². The molecular formula is C54H24N4. The van der Waals surface area contributed by atoms with Crippen LogP contribution in [-0.2, 0) is 0 Å². The average molecular weight is 729 g/mol. The van der Waals surface area contributed by atoms with Gasteiger partial charge in [-0.3, -0.25) is 0 Å². The predicted molar refractivity (Wildman–Crippen MR) is 236 cm³/mol. The number of hydrogen-bond donors (Lipinski definition) is 0. The van der Waals surface area contributed by atoms with Gasteiger partial charge in [0.05, 0.1) is 46.5 Å². The molecule has 0 aliphatic rings. The van der Waals surface area contributed by atoms with Crippen molar-refractivity contribution < 1.29 is 0 Å². The third kappa shape index (κ3) is 4.13. The van der Waals surface area contributed by atoms with E-state index in [-0.39, 0.29) is 0 Å². The minimum atomic E-state index is 0.407. The summed E-state index contributed by atoms with van der Waals surface area (Å²) in [7, 11) is 0. The van der Waals surface area contributed by atoms with Gasteiger partial charge >= 0.3 is 0 Å². The molecule has 0 atom stereocenters. The van der Waals surface area contributed by atoms with Crippen molar-refractivity contribution in [3.8, 4) is 46.5 Å². The van der Waals surface area contributed by atoms with Gasteiger partial charge in [0.2, 0.25) is 0 Å². The molecule has 0 saturated heterocycles. The normalized spacial score (nSPS) is 11.7. The van der Waals surface area contributed by atoms with Gasteiger partial charge in [0.15, 0.2) is 0 Å². The molecule has 0 unspecified atom stereocenters. The number of nitrogens with zero attached hydrogens (tertiary/aromatic N) is 4. The molecule has 0 fully saturated rings. The van der Waals surface area contributed by atoms with Crippen molar-refractivity contribution in [3.63, 3.8) is 0 Å². The Hall–Kier alpha value is -8.54. The molecule has 260 valence electrons. The zero-order chi connectivity index (χ0) is 38.8. The van der Waals surface area contributed by atoms with E-state index in [9.17, 15) is 21.0 Å². The van der Waals surface area contributed by atoms with Crippen LogP contribution in [0, 0.1) is 45.3 Å². The lowest BCUT2D eigenvalue weighted by molar-refractivity contribution is 1.45. The fraction of sp³-hybridized carbons (Fsp3) is 0. The summed E-state index contributed by atoms with van der Waals surface area (Å²) in [5.41, 5.74) is 5.05. The van der Waals surface area contributed by atoms with Gasteiger partial charge < -0.3 is 0 Å². The number of nitriles is 4. The standard InChI is InChI=1S/C54H24N4/c55-25-29-15-30(26-56)18-35(17-29)49-46-23-43-41-13-5-11-39-37-9-3-1-7-33(37)21-45(51(39)41)44(43)24-47(46)50(36-19-31(27-57)16-32(20-36)28-58)54-48-22-34-8-2-4-10-38(34)40-12-6-14-42(52(40)48)53(49)54/h1-24H. The lowest BCUT2D eigenvalue weighted by Gasteiger charge is -2.18. The SMILES string of the molecule is N#Cc1cc(C#N)cc(-c2c3cc4c(cc3c(-c3cc(C#N)cc(C#N)c3)c3c5cc6ccccc6c6cccc(c23)c65)c2cc3ccccc3c3cccc4c32)c1. The van der Waals surface area contributed by atoms with Crippen molar-refractivity contribution in [1.29, 1.82) is 21.0 Å². The van der Waals surface area contributed by atoms with E-state index in [0.717, 1.165) is 103 Å². The van der Waals surface area contributed by atoms with Gasteiger partial charge in [-0.05, 0) is 180 Å². The van der Waals surface area contributed by atoms with Crippen LogP contribution >= 0.6 is 0 Å². The second-order valence-electron chi connectivity index (χ2n) is 15.2. The van der Waals surface area contributed by atoms with Crippen molar-refractivity contribution in [1.82, 2.24) is 0 Å². The zero-order valence-corrected chi connectivity index (χ0v) is 30.6. The van der Waals surface area contributed by atoms with Gasteiger partial charge in [0.25, 0.3) is 0 Å². The molecule has 58 heavy (non-hydrogen) atoms. The fourth-order valence-electron chi connectivity index (χ4n) is 10.1. The van der Waals surface area contributed by atoms with Crippen LogP contribution in [-0.4, -0.2) is 0 Å². The molecule has 12 aromatic rings. The van der Waals surface area contributed by atoms with Crippen molar-refractivity contribution in [2.75, 3.05) is 0 Å². The minimum Gasteiger partial charge on any atom is -0.192 e. The van der Waals surface area contributed by atoms with Crippen molar-refractivity contribution in [3.05, 3.63) is 168 Å². The molecule has 0 saturated carbocycles. The summed E-state index contributed by atoms with van der Waals surface area (Å²) >= 11 is 0. The summed E-state index contributed by atoms with van der Waals surface area (Å²) in [6, 6.07) is 59.3. The van der Waals surface area contributed by atoms with Crippen LogP contribution in [0.5, 0.6) is 0 Å². The quantitative estimate of drug-likeness (QED) is 0.166. The van der Waals surface area contributed by atoms with E-state index >= 15 is 0 Å². The highest BCUT2D eigenvalue weighted by Crippen LogP contribution is 2.54. The first-order valence-corrected chi connectivity index (χ1v) is 19.1. The molecule has 0 amide bonds. The summed E-state index contributed by atoms with van der Waals surface area (Å²) in [6.45, 7) is 0. The third-order valence-electron chi connectivity index (χ3n) is 12.3. The van der Waals surface area contributed by atoms with E-state index in [2.05, 4.69) is 133 Å². The Morgan fingerprint density at radius 3 is 1.14 bits per heavy atom. The molecule has 0 aliphatic heterocycles. The monoisotopic (exact) mass is 728 g/mol. The Labute approximate surface area is 331 Å². The molecule has 0 aromatic heterocycles. The number of hydrogen-bond acceptors (Lipinski definition) is 4. The number of rotatable bonds is 2. The first-order chi connectivity index (χ1) is 28.6. The smallest absolute Gasteiger partial charge is 0.0992 e. The fourth-order valence-corrected chi connectivity index (χ4v) is 10.1. The highest BCUT2D eigenvalue weighted by atomic mass is 14.3. The first kappa shape index (κ1) is 31.8. The molecule has 0 bridgehead atoms. The maximum absolute atomic E-state index is 10.3. The van der Waals surface area contributed by atoms with Gasteiger partial charge in [-0.1, -0.05) is 84.9 Å². The molecule has 0 radical (unpaired) electrons. The lowest BCUT2D eigenvalue weighted by atomic mass is 9.84. The van der Waals surface area contributed by atoms with Gasteiger partial charge in [0.1, 0.15) is 0 Å². The first-order valence-electron chi connectivity index (χ1n) is 19.1. The summed E-state index contributed by atoms with van der Waals surface area (Å²) in [5.74, 6) is 0. The van der Waals surface area contributed by atoms with Gasteiger partial charge in [-0.25, -0.2) is 0 Å². The predicted octanol–water partition coefficient (Wildman–Crippen LogP) is 13.8. The molecular weight excluding hydrogens is 705 g/mol. The van der Waals surface area contributed by atoms with E-state index in [1.165, 1.54) is 16.2 Å². The van der Waals surface area contributed by atoms with Gasteiger partial charge in [-0.15, -0.1) is 0 Å². The Morgan fingerprint density at radius 1 is 0.259 bits per heavy atom. The topological polar surface area (TPSA) is 95.2 Å². The largest absolute Gasteiger partial charge is 0.192 e. The maximum atomic E-state index is 10.3.